The van der Waals surface area contributed by atoms with E-state index in [0.717, 1.165) is 28.6 Å². The van der Waals surface area contributed by atoms with E-state index in [1.54, 1.807) is 69.6 Å². The molecule has 11 aromatic heterocycles. The molecular weight excluding hydrogens is 1610 g/mol. The van der Waals surface area contributed by atoms with Crippen LogP contribution in [0.3, 0.4) is 0 Å². The van der Waals surface area contributed by atoms with Gasteiger partial charge in [0.2, 0.25) is 0 Å². The fourth-order valence-corrected chi connectivity index (χ4v) is 13.8. The molecule has 0 aliphatic heterocycles. The Morgan fingerprint density at radius 3 is 1.34 bits per heavy atom. The van der Waals surface area contributed by atoms with Crippen molar-refractivity contribution in [2.75, 3.05) is 0 Å². The molecule has 4 aromatic carbocycles. The van der Waals surface area contributed by atoms with E-state index in [1.165, 1.54) is 167 Å². The third-order valence-electron chi connectivity index (χ3n) is 14.9. The molecule has 5 aliphatic carbocycles. The van der Waals surface area contributed by atoms with Crippen LogP contribution in [0, 0.1) is 0 Å². The fraction of sp³-hybridized carbons (Fsp3) is 0.505. The number of rotatable bonds is 0. The van der Waals surface area contributed by atoms with Gasteiger partial charge in [-0.05, 0) is 207 Å². The van der Waals surface area contributed by atoms with Crippen LogP contribution in [0.15, 0.2) is 214 Å². The molecular formula is C109H188N10O2S4. The van der Waals surface area contributed by atoms with Crippen molar-refractivity contribution in [1.29, 1.82) is 0 Å². The quantitative estimate of drug-likeness (QED) is 0.116. The Morgan fingerprint density at radius 2 is 0.768 bits per heavy atom. The van der Waals surface area contributed by atoms with Crippen molar-refractivity contribution in [2.24, 2.45) is 0 Å². The zero-order chi connectivity index (χ0) is 97.5. The number of pyridine rings is 1. The topological polar surface area (TPSA) is 167 Å². The molecule has 15 aromatic rings. The SMILES string of the molecule is CC.CC.CC.CC.CC.CC.CC.CC.CC.CC.CC.CC.CC.CC.CC.CC.CC.CC.CC.CC.c1cc2c([nH]1)CCC2.c1cc2c(o1)CCC2.c1cc2c(s1)CCC2.c1ccc2[nH]ccc2c1.c1ccc2[nH]cnc2c1.c1ccc2sccc2c1.c1ccc2scnc2c1.c1cnc2ncoc2c1.c1nc2c([nH]1)CCC2.c1nc2c(s1)CCC2. The zero-order valence-electron chi connectivity index (χ0n) is 87.4. The fourth-order valence-electron chi connectivity index (χ4n) is 10.5. The molecule has 0 atom stereocenters. The normalized spacial score (nSPS) is 9.92. The first-order valence-corrected chi connectivity index (χ1v) is 52.6. The number of aromatic amines is 4. The highest BCUT2D eigenvalue weighted by Gasteiger charge is 2.14. The van der Waals surface area contributed by atoms with Crippen molar-refractivity contribution in [3.63, 3.8) is 0 Å². The van der Waals surface area contributed by atoms with Crippen LogP contribution >= 0.6 is 45.3 Å². The van der Waals surface area contributed by atoms with Crippen LogP contribution < -0.4 is 0 Å². The Hall–Kier alpha value is -8.54. The summed E-state index contributed by atoms with van der Waals surface area (Å²) in [5.74, 6) is 1.21. The number of aryl methyl sites for hydroxylation is 10. The van der Waals surface area contributed by atoms with E-state index in [2.05, 4.69) is 133 Å². The smallest absolute Gasteiger partial charge is 0.198 e. The first-order valence-electron chi connectivity index (χ1n) is 49.1. The number of fused-ring (bicyclic) bond motifs is 10. The molecule has 0 bridgehead atoms. The van der Waals surface area contributed by atoms with Crippen molar-refractivity contribution in [3.8, 4) is 0 Å². The number of thiazole rings is 2. The van der Waals surface area contributed by atoms with Gasteiger partial charge in [0.15, 0.2) is 17.6 Å². The number of thiophene rings is 2. The number of para-hydroxylation sites is 4. The van der Waals surface area contributed by atoms with E-state index in [4.69, 9.17) is 8.83 Å². The Bertz CT molecular complexity index is 3460. The average Bonchev–Trinajstić information content (AvgIpc) is 1.73. The number of nitrogens with one attached hydrogen (secondary N) is 4. The Kier molecular flexibility index (Phi) is 122. The van der Waals surface area contributed by atoms with Crippen molar-refractivity contribution < 1.29 is 8.83 Å². The molecule has 4 N–H and O–H groups in total. The third-order valence-corrected chi connectivity index (χ3v) is 18.5. The second-order valence-corrected chi connectivity index (χ2v) is 24.3. The lowest BCUT2D eigenvalue weighted by Gasteiger charge is -1.83. The van der Waals surface area contributed by atoms with E-state index < -0.39 is 0 Å². The van der Waals surface area contributed by atoms with E-state index in [0.29, 0.717) is 5.65 Å². The van der Waals surface area contributed by atoms with Gasteiger partial charge in [-0.2, -0.15) is 4.98 Å². The van der Waals surface area contributed by atoms with Crippen LogP contribution in [-0.4, -0.2) is 49.8 Å². The van der Waals surface area contributed by atoms with Gasteiger partial charge in [0.25, 0.3) is 0 Å². The van der Waals surface area contributed by atoms with Crippen LogP contribution in [0.4, 0.5) is 0 Å². The number of imidazole rings is 2. The summed E-state index contributed by atoms with van der Waals surface area (Å²) < 4.78 is 12.8. The highest BCUT2D eigenvalue weighted by Crippen LogP contribution is 2.27. The molecule has 0 unspecified atom stereocenters. The first kappa shape index (κ1) is 137. The van der Waals surface area contributed by atoms with Gasteiger partial charge in [0.05, 0.1) is 62.6 Å². The van der Waals surface area contributed by atoms with Gasteiger partial charge < -0.3 is 28.8 Å². The standard InChI is InChI=1S/C8H7N.C8H6S.C7H6N2.C7H5NS.C7H9N.C7H8O.C7H8S.C6H4N2O.C6H8N2.C6H7NS.20C2H6/c2*1-2-4-8-7(3-1)5-6-9-8;2*1-2-4-7-6(3-1)8-5-9-7;3*1-2-6-4-5-8-7(6)3-1;1-2-5-6(7-3-1)8-4-9-5;2*1-2-5-6(3-1)8-4-7-5;20*1-2/h1-6,9H;1-6H;1-5H,(H,8,9);1-5H;4-5,8H,1-3H2;2*4-5H,1-3H2;1-4H;4H,1-3H2,(H,7,8);4H,1-3H2;20*1-2H3. The number of H-pyrrole nitrogens is 4. The summed E-state index contributed by atoms with van der Waals surface area (Å²) in [5, 5.41) is 6.94. The highest BCUT2D eigenvalue weighted by molar-refractivity contribution is 7.17. The number of aromatic nitrogens is 10. The summed E-state index contributed by atoms with van der Waals surface area (Å²) in [7, 11) is 0. The minimum absolute atomic E-state index is 0.664. The number of nitrogens with zero attached hydrogens (tertiary/aromatic N) is 6. The lowest BCUT2D eigenvalue weighted by Crippen LogP contribution is -1.74. The molecule has 0 radical (unpaired) electrons. The maximum Gasteiger partial charge on any atom is 0.198 e. The average molecular weight is 1800 g/mol. The number of furan rings is 1. The predicted octanol–water partition coefficient (Wildman–Crippen LogP) is 38.7. The summed E-state index contributed by atoms with van der Waals surface area (Å²) in [6, 6.07) is 47.0. The molecule has 0 spiro atoms. The summed E-state index contributed by atoms with van der Waals surface area (Å²) in [6.45, 7) is 80.0. The largest absolute Gasteiger partial charge is 0.469 e. The molecule has 0 amide bonds. The molecule has 16 heteroatoms. The van der Waals surface area contributed by atoms with Crippen molar-refractivity contribution in [2.45, 2.75) is 373 Å². The second-order valence-electron chi connectivity index (χ2n) is 20.5. The second kappa shape index (κ2) is 112. The monoisotopic (exact) mass is 1800 g/mol. The van der Waals surface area contributed by atoms with Crippen molar-refractivity contribution >= 4 is 98.8 Å². The molecule has 20 rings (SSSR count). The maximum absolute atomic E-state index is 5.18. The summed E-state index contributed by atoms with van der Waals surface area (Å²) in [6.07, 6.45) is 31.5. The Labute approximate surface area is 785 Å². The minimum Gasteiger partial charge on any atom is -0.469 e. The van der Waals surface area contributed by atoms with E-state index in [9.17, 15) is 0 Å². The number of hydrogen-bond donors (Lipinski definition) is 4. The Morgan fingerprint density at radius 1 is 0.280 bits per heavy atom. The zero-order valence-corrected chi connectivity index (χ0v) is 90.6. The maximum atomic E-state index is 5.18. The van der Waals surface area contributed by atoms with Crippen molar-refractivity contribution in [1.82, 2.24) is 49.8 Å². The first-order chi connectivity index (χ1) is 62.2. The number of hydrogen-bond acceptors (Lipinski definition) is 12. The number of oxazole rings is 1. The summed E-state index contributed by atoms with van der Waals surface area (Å²) in [5.41, 5.74) is 19.7. The van der Waals surface area contributed by atoms with Gasteiger partial charge in [0.1, 0.15) is 5.76 Å². The van der Waals surface area contributed by atoms with Crippen LogP contribution in [0.5, 0.6) is 0 Å². The van der Waals surface area contributed by atoms with Gasteiger partial charge >= 0.3 is 0 Å². The predicted molar refractivity (Wildman–Crippen MR) is 579 cm³/mol. The van der Waals surface area contributed by atoms with E-state index in [1.807, 2.05) is 378 Å². The molecule has 11 heterocycles. The molecule has 5 aliphatic rings. The van der Waals surface area contributed by atoms with Crippen molar-refractivity contribution in [3.05, 3.63) is 260 Å². The third kappa shape index (κ3) is 60.7. The Balaban J connectivity index is -0.000000141. The minimum atomic E-state index is 0.664. The number of benzene rings is 4. The summed E-state index contributed by atoms with van der Waals surface area (Å²) >= 11 is 7.18. The lowest BCUT2D eigenvalue weighted by molar-refractivity contribution is 0.515. The van der Waals surface area contributed by atoms with Crippen LogP contribution in [0.25, 0.3) is 53.5 Å². The lowest BCUT2D eigenvalue weighted by atomic mass is 10.3. The molecule has 0 saturated carbocycles. The van der Waals surface area contributed by atoms with E-state index in [-0.39, 0.29) is 0 Å². The molecule has 125 heavy (non-hydrogen) atoms. The van der Waals surface area contributed by atoms with Gasteiger partial charge in [0, 0.05) is 56.4 Å². The van der Waals surface area contributed by atoms with Crippen LogP contribution in [0.1, 0.15) is 364 Å². The molecule has 0 fully saturated rings. The van der Waals surface area contributed by atoms with Crippen LogP contribution in [-0.2, 0) is 64.2 Å². The highest BCUT2D eigenvalue weighted by atomic mass is 32.1. The van der Waals surface area contributed by atoms with Gasteiger partial charge in [-0.25, -0.2) is 24.9 Å². The van der Waals surface area contributed by atoms with Gasteiger partial charge in [-0.1, -0.05) is 338 Å². The van der Waals surface area contributed by atoms with E-state index >= 15 is 0 Å². The molecule has 0 saturated heterocycles. The molecule has 12 nitrogen and oxygen atoms in total. The molecule has 710 valence electrons. The van der Waals surface area contributed by atoms with Gasteiger partial charge in [-0.15, -0.1) is 45.3 Å². The summed E-state index contributed by atoms with van der Waals surface area (Å²) in [4.78, 5) is 39.9. The van der Waals surface area contributed by atoms with Gasteiger partial charge in [-0.3, -0.25) is 0 Å². The van der Waals surface area contributed by atoms with Crippen LogP contribution in [0.2, 0.25) is 0 Å².